The lowest BCUT2D eigenvalue weighted by Gasteiger charge is -2.04. The number of aryl methyl sites for hydroxylation is 1. The molecule has 1 rings (SSSR count). The van der Waals surface area contributed by atoms with Gasteiger partial charge in [0.05, 0.1) is 0 Å². The van der Waals surface area contributed by atoms with Crippen molar-refractivity contribution in [3.05, 3.63) is 12.2 Å². The van der Waals surface area contributed by atoms with Gasteiger partial charge in [-0.2, -0.15) is 18.3 Å². The first kappa shape index (κ1) is 9.69. The van der Waals surface area contributed by atoms with Crippen molar-refractivity contribution in [3.8, 4) is 0 Å². The van der Waals surface area contributed by atoms with Crippen molar-refractivity contribution in [1.29, 1.82) is 0 Å². The van der Waals surface area contributed by atoms with E-state index in [0.29, 0.717) is 0 Å². The number of carbonyl (C=O) groups excluding carboxylic acids is 1. The molecule has 1 heterocycles. The normalized spacial score (nSPS) is 11.7. The molecule has 0 aliphatic carbocycles. The third-order valence-corrected chi connectivity index (χ3v) is 1.38. The van der Waals surface area contributed by atoms with E-state index in [-0.39, 0.29) is 6.54 Å². The van der Waals surface area contributed by atoms with Gasteiger partial charge in [-0.05, 0) is 6.92 Å². The van der Waals surface area contributed by atoms with E-state index >= 15 is 0 Å². The first-order valence-corrected chi connectivity index (χ1v) is 3.46. The van der Waals surface area contributed by atoms with E-state index in [1.165, 1.54) is 0 Å². The molecular weight excluding hydrogens is 187 g/mol. The predicted octanol–water partition coefficient (Wildman–Crippen LogP) is 1.04. The molecule has 0 atom stereocenters. The Hall–Kier alpha value is -1.40. The lowest BCUT2D eigenvalue weighted by molar-refractivity contribution is -0.0894. The minimum atomic E-state index is -4.89. The van der Waals surface area contributed by atoms with Crippen LogP contribution >= 0.6 is 0 Å². The van der Waals surface area contributed by atoms with E-state index < -0.39 is 17.8 Å². The maximum Gasteiger partial charge on any atom is 0.458 e. The Morgan fingerprint density at radius 2 is 2.23 bits per heavy atom. The lowest BCUT2D eigenvalue weighted by Crippen LogP contribution is -2.26. The number of halogens is 3. The average Bonchev–Trinajstić information content (AvgIpc) is 2.48. The number of alkyl halides is 3. The van der Waals surface area contributed by atoms with E-state index in [1.54, 1.807) is 6.92 Å². The van der Waals surface area contributed by atoms with Crippen molar-refractivity contribution in [2.75, 3.05) is 0 Å². The highest BCUT2D eigenvalue weighted by Crippen LogP contribution is 2.19. The molecule has 4 nitrogen and oxygen atoms in total. The average molecular weight is 193 g/mol. The van der Waals surface area contributed by atoms with Crippen molar-refractivity contribution >= 4 is 5.78 Å². The zero-order valence-corrected chi connectivity index (χ0v) is 6.67. The highest BCUT2D eigenvalue weighted by atomic mass is 19.4. The van der Waals surface area contributed by atoms with Crippen LogP contribution in [-0.4, -0.2) is 26.7 Å². The first-order chi connectivity index (χ1) is 5.96. The van der Waals surface area contributed by atoms with Crippen molar-refractivity contribution in [3.63, 3.8) is 0 Å². The third kappa shape index (κ3) is 1.85. The number of aromatic nitrogens is 3. The summed E-state index contributed by atoms with van der Waals surface area (Å²) in [6, 6.07) is 0. The summed E-state index contributed by atoms with van der Waals surface area (Å²) in [6.07, 6.45) is -3.97. The second-order valence-corrected chi connectivity index (χ2v) is 2.23. The van der Waals surface area contributed by atoms with Gasteiger partial charge < -0.3 is 0 Å². The summed E-state index contributed by atoms with van der Waals surface area (Å²) < 4.78 is 36.6. The van der Waals surface area contributed by atoms with Crippen LogP contribution in [0.1, 0.15) is 17.5 Å². The second kappa shape index (κ2) is 3.15. The summed E-state index contributed by atoms with van der Waals surface area (Å²) in [5, 5.41) is 3.45. The molecule has 0 unspecified atom stereocenters. The number of Topliss-reactive ketones (excluding diaryl/α,β-unsaturated/α-hetero) is 1. The zero-order chi connectivity index (χ0) is 10.1. The fourth-order valence-corrected chi connectivity index (χ4v) is 0.798. The SMILES string of the molecule is CCn1ncnc1C(=O)C(F)(F)F. The summed E-state index contributed by atoms with van der Waals surface area (Å²) in [7, 11) is 0. The summed E-state index contributed by atoms with van der Waals surface area (Å²) in [5.41, 5.74) is 0. The van der Waals surface area contributed by atoms with Crippen molar-refractivity contribution in [2.24, 2.45) is 0 Å². The summed E-state index contributed by atoms with van der Waals surface area (Å²) in [5.74, 6) is -2.64. The molecule has 0 amide bonds. The van der Waals surface area contributed by atoms with Gasteiger partial charge in [0.1, 0.15) is 6.33 Å². The Morgan fingerprint density at radius 3 is 2.69 bits per heavy atom. The zero-order valence-electron chi connectivity index (χ0n) is 6.67. The number of rotatable bonds is 2. The van der Waals surface area contributed by atoms with Crippen LogP contribution in [0.2, 0.25) is 0 Å². The molecule has 0 bridgehead atoms. The molecule has 0 aromatic carbocycles. The monoisotopic (exact) mass is 193 g/mol. The standard InChI is InChI=1S/C6H6F3N3O/c1-2-12-5(10-3-11-12)4(13)6(7,8)9/h3H,2H2,1H3. The van der Waals surface area contributed by atoms with E-state index in [4.69, 9.17) is 0 Å². The number of hydrogen-bond acceptors (Lipinski definition) is 3. The minimum absolute atomic E-state index is 0.178. The molecule has 0 saturated heterocycles. The largest absolute Gasteiger partial charge is 0.458 e. The van der Waals surface area contributed by atoms with Gasteiger partial charge in [-0.15, -0.1) is 0 Å². The molecule has 1 aromatic heterocycles. The fraction of sp³-hybridized carbons (Fsp3) is 0.500. The maximum atomic E-state index is 11.9. The summed E-state index contributed by atoms with van der Waals surface area (Å²) in [6.45, 7) is 1.75. The molecule has 7 heteroatoms. The van der Waals surface area contributed by atoms with Gasteiger partial charge in [-0.3, -0.25) is 4.79 Å². The molecule has 13 heavy (non-hydrogen) atoms. The Bertz CT molecular complexity index is 317. The molecular formula is C6H6F3N3O. The van der Waals surface area contributed by atoms with Gasteiger partial charge in [-0.1, -0.05) is 0 Å². The number of hydrogen-bond donors (Lipinski definition) is 0. The Labute approximate surface area is 71.4 Å². The topological polar surface area (TPSA) is 47.8 Å². The van der Waals surface area contributed by atoms with Crippen LogP contribution < -0.4 is 0 Å². The van der Waals surface area contributed by atoms with Gasteiger partial charge in [0.25, 0.3) is 0 Å². The molecule has 0 saturated carbocycles. The van der Waals surface area contributed by atoms with Crippen LogP contribution in [-0.2, 0) is 6.54 Å². The second-order valence-electron chi connectivity index (χ2n) is 2.23. The van der Waals surface area contributed by atoms with E-state index in [1.807, 2.05) is 0 Å². The van der Waals surface area contributed by atoms with Crippen LogP contribution in [0.4, 0.5) is 13.2 Å². The van der Waals surface area contributed by atoms with Crippen molar-refractivity contribution in [2.45, 2.75) is 19.6 Å². The molecule has 0 spiro atoms. The van der Waals surface area contributed by atoms with Crippen LogP contribution in [0.5, 0.6) is 0 Å². The Balaban J connectivity index is 3.02. The van der Waals surface area contributed by atoms with Gasteiger partial charge in [-0.25, -0.2) is 9.67 Å². The number of carbonyl (C=O) groups is 1. The molecule has 0 N–H and O–H groups in total. The third-order valence-electron chi connectivity index (χ3n) is 1.38. The fourth-order valence-electron chi connectivity index (χ4n) is 0.798. The van der Waals surface area contributed by atoms with Crippen LogP contribution in [0.15, 0.2) is 6.33 Å². The van der Waals surface area contributed by atoms with Crippen molar-refractivity contribution < 1.29 is 18.0 Å². The van der Waals surface area contributed by atoms with Crippen LogP contribution in [0.3, 0.4) is 0 Å². The van der Waals surface area contributed by atoms with Crippen molar-refractivity contribution in [1.82, 2.24) is 14.8 Å². The molecule has 0 aliphatic heterocycles. The minimum Gasteiger partial charge on any atom is -0.280 e. The van der Waals surface area contributed by atoms with Crippen LogP contribution in [0, 0.1) is 0 Å². The quantitative estimate of drug-likeness (QED) is 0.659. The molecule has 1 aromatic rings. The van der Waals surface area contributed by atoms with Crippen LogP contribution in [0.25, 0.3) is 0 Å². The van der Waals surface area contributed by atoms with Gasteiger partial charge in [0.2, 0.25) is 5.82 Å². The molecule has 0 radical (unpaired) electrons. The van der Waals surface area contributed by atoms with Gasteiger partial charge >= 0.3 is 12.0 Å². The predicted molar refractivity (Wildman–Crippen MR) is 36.1 cm³/mol. The van der Waals surface area contributed by atoms with Gasteiger partial charge in [0, 0.05) is 6.54 Å². The molecule has 72 valence electrons. The highest BCUT2D eigenvalue weighted by Gasteiger charge is 2.42. The number of ketones is 1. The molecule has 0 aliphatic rings. The summed E-state index contributed by atoms with van der Waals surface area (Å²) >= 11 is 0. The van der Waals surface area contributed by atoms with E-state index in [2.05, 4.69) is 10.1 Å². The smallest absolute Gasteiger partial charge is 0.280 e. The maximum absolute atomic E-state index is 11.9. The Morgan fingerprint density at radius 1 is 1.62 bits per heavy atom. The van der Waals surface area contributed by atoms with E-state index in [0.717, 1.165) is 11.0 Å². The summed E-state index contributed by atoms with van der Waals surface area (Å²) in [4.78, 5) is 13.9. The number of nitrogens with zero attached hydrogens (tertiary/aromatic N) is 3. The highest BCUT2D eigenvalue weighted by molar-refractivity contribution is 5.97. The first-order valence-electron chi connectivity index (χ1n) is 3.46. The molecule has 0 fully saturated rings. The Kier molecular flexibility index (Phi) is 2.35. The lowest BCUT2D eigenvalue weighted by atomic mass is 10.3. The van der Waals surface area contributed by atoms with Gasteiger partial charge in [0.15, 0.2) is 0 Å². The van der Waals surface area contributed by atoms with E-state index in [9.17, 15) is 18.0 Å².